The van der Waals surface area contributed by atoms with Gasteiger partial charge in [-0.25, -0.2) is 19.3 Å². The molecule has 0 atom stereocenters. The van der Waals surface area contributed by atoms with Crippen molar-refractivity contribution in [3.63, 3.8) is 0 Å². The Bertz CT molecular complexity index is 1000. The first-order valence-corrected chi connectivity index (χ1v) is 10.1. The Morgan fingerprint density at radius 1 is 1.00 bits per heavy atom. The summed E-state index contributed by atoms with van der Waals surface area (Å²) >= 11 is 0. The average Bonchev–Trinajstić information content (AvgIpc) is 3.48. The molecule has 1 aliphatic heterocycles. The Morgan fingerprint density at radius 3 is 2.48 bits per heavy atom. The van der Waals surface area contributed by atoms with Crippen molar-refractivity contribution in [3.8, 4) is 5.82 Å². The molecule has 1 aliphatic carbocycles. The molecule has 29 heavy (non-hydrogen) atoms. The number of rotatable bonds is 6. The minimum Gasteiger partial charge on any atom is -0.338 e. The van der Waals surface area contributed by atoms with Gasteiger partial charge >= 0.3 is 0 Å². The summed E-state index contributed by atoms with van der Waals surface area (Å²) in [5.74, 6) is 2.15. The second-order valence-corrected chi connectivity index (χ2v) is 7.62. The van der Waals surface area contributed by atoms with Crippen LogP contribution in [0.3, 0.4) is 0 Å². The van der Waals surface area contributed by atoms with Crippen molar-refractivity contribution >= 4 is 5.95 Å². The highest BCUT2D eigenvalue weighted by atomic mass is 16.1. The molecular weight excluding hydrogens is 368 g/mol. The fraction of sp³-hybridized carbons (Fsp3) is 0.450. The maximum Gasteiger partial charge on any atom is 0.266 e. The monoisotopic (exact) mass is 392 g/mol. The first kappa shape index (κ1) is 18.0. The van der Waals surface area contributed by atoms with Gasteiger partial charge in [0.15, 0.2) is 5.82 Å². The van der Waals surface area contributed by atoms with Crippen molar-refractivity contribution in [1.29, 1.82) is 0 Å². The molecule has 3 aromatic heterocycles. The highest BCUT2D eigenvalue weighted by Gasteiger charge is 2.25. The Morgan fingerprint density at radius 2 is 1.79 bits per heavy atom. The van der Waals surface area contributed by atoms with E-state index < -0.39 is 0 Å². The van der Waals surface area contributed by atoms with E-state index in [2.05, 4.69) is 30.0 Å². The largest absolute Gasteiger partial charge is 0.338 e. The fourth-order valence-corrected chi connectivity index (χ4v) is 3.65. The molecule has 2 fully saturated rings. The second kappa shape index (κ2) is 7.75. The molecule has 0 spiro atoms. The molecule has 0 amide bonds. The minimum absolute atomic E-state index is 0.0938. The van der Waals surface area contributed by atoms with Gasteiger partial charge in [-0.3, -0.25) is 9.69 Å². The Hall–Kier alpha value is -3.07. The summed E-state index contributed by atoms with van der Waals surface area (Å²) in [5.41, 5.74) is 1.17. The van der Waals surface area contributed by atoms with Gasteiger partial charge in [0.1, 0.15) is 0 Å². The van der Waals surface area contributed by atoms with Crippen LogP contribution < -0.4 is 10.5 Å². The topological polar surface area (TPSA) is 85.0 Å². The van der Waals surface area contributed by atoms with Crippen LogP contribution in [-0.2, 0) is 6.54 Å². The van der Waals surface area contributed by atoms with Crippen LogP contribution in [0.25, 0.3) is 5.82 Å². The zero-order valence-electron chi connectivity index (χ0n) is 16.3. The summed E-state index contributed by atoms with van der Waals surface area (Å²) in [6, 6.07) is 5.07. The van der Waals surface area contributed by atoms with Crippen LogP contribution in [-0.4, -0.2) is 67.2 Å². The van der Waals surface area contributed by atoms with Crippen LogP contribution in [0, 0.1) is 0 Å². The SMILES string of the molecule is O=c1ccc(-n2cccn2)nn1CCN1CCN(c2ncc(C3CC3)cn2)CC1. The van der Waals surface area contributed by atoms with Crippen molar-refractivity contribution < 1.29 is 0 Å². The van der Waals surface area contributed by atoms with E-state index in [4.69, 9.17) is 0 Å². The Labute approximate surface area is 168 Å². The molecule has 0 aromatic carbocycles. The van der Waals surface area contributed by atoms with E-state index in [1.807, 2.05) is 24.7 Å². The van der Waals surface area contributed by atoms with Gasteiger partial charge in [0.25, 0.3) is 5.56 Å². The van der Waals surface area contributed by atoms with E-state index in [9.17, 15) is 4.79 Å². The van der Waals surface area contributed by atoms with Crippen LogP contribution in [0.4, 0.5) is 5.95 Å². The molecule has 1 saturated heterocycles. The minimum atomic E-state index is -0.0938. The molecule has 1 saturated carbocycles. The van der Waals surface area contributed by atoms with Gasteiger partial charge in [-0.05, 0) is 36.5 Å². The maximum atomic E-state index is 12.2. The predicted octanol–water partition coefficient (Wildman–Crippen LogP) is 0.919. The molecule has 3 aromatic rings. The van der Waals surface area contributed by atoms with E-state index in [1.165, 1.54) is 23.1 Å². The maximum absolute atomic E-state index is 12.2. The summed E-state index contributed by atoms with van der Waals surface area (Å²) in [5, 5.41) is 8.61. The standard InChI is InChI=1S/C20H24N8O/c29-19-5-4-18(27-7-1-6-23-27)24-28(19)13-10-25-8-11-26(12-9-25)20-21-14-17(15-22-20)16-2-3-16/h1,4-7,14-16H,2-3,8-13H2. The smallest absolute Gasteiger partial charge is 0.266 e. The van der Waals surface area contributed by atoms with Gasteiger partial charge < -0.3 is 4.90 Å². The van der Waals surface area contributed by atoms with Gasteiger partial charge in [0.05, 0.1) is 6.54 Å². The number of piperazine rings is 1. The van der Waals surface area contributed by atoms with Gasteiger partial charge in [0.2, 0.25) is 5.95 Å². The zero-order chi connectivity index (χ0) is 19.6. The molecule has 9 nitrogen and oxygen atoms in total. The quantitative estimate of drug-likeness (QED) is 0.617. The van der Waals surface area contributed by atoms with Gasteiger partial charge in [0, 0.05) is 63.6 Å². The summed E-state index contributed by atoms with van der Waals surface area (Å²) in [7, 11) is 0. The number of aromatic nitrogens is 6. The van der Waals surface area contributed by atoms with Crippen molar-refractivity contribution in [3.05, 3.63) is 58.9 Å². The van der Waals surface area contributed by atoms with E-state index in [0.717, 1.165) is 38.7 Å². The zero-order valence-corrected chi connectivity index (χ0v) is 16.3. The first-order chi connectivity index (χ1) is 14.3. The lowest BCUT2D eigenvalue weighted by Gasteiger charge is -2.34. The molecule has 150 valence electrons. The van der Waals surface area contributed by atoms with Crippen LogP contribution in [0.2, 0.25) is 0 Å². The van der Waals surface area contributed by atoms with E-state index in [0.29, 0.717) is 18.3 Å². The molecule has 9 heteroatoms. The van der Waals surface area contributed by atoms with Crippen molar-refractivity contribution in [2.45, 2.75) is 25.3 Å². The van der Waals surface area contributed by atoms with Crippen molar-refractivity contribution in [2.24, 2.45) is 0 Å². The predicted molar refractivity (Wildman–Crippen MR) is 108 cm³/mol. The third-order valence-electron chi connectivity index (χ3n) is 5.58. The lowest BCUT2D eigenvalue weighted by atomic mass is 10.2. The molecule has 0 unspecified atom stereocenters. The molecule has 2 aliphatic rings. The fourth-order valence-electron chi connectivity index (χ4n) is 3.65. The molecular formula is C20H24N8O. The third-order valence-corrected chi connectivity index (χ3v) is 5.58. The molecule has 0 N–H and O–H groups in total. The Kier molecular flexibility index (Phi) is 4.81. The van der Waals surface area contributed by atoms with Crippen molar-refractivity contribution in [2.75, 3.05) is 37.6 Å². The van der Waals surface area contributed by atoms with Crippen molar-refractivity contribution in [1.82, 2.24) is 34.4 Å². The molecule has 0 radical (unpaired) electrons. The van der Waals surface area contributed by atoms with Gasteiger partial charge in [-0.2, -0.15) is 5.10 Å². The number of hydrogen-bond acceptors (Lipinski definition) is 7. The summed E-state index contributed by atoms with van der Waals surface area (Å²) in [6.07, 6.45) is 10.0. The lowest BCUT2D eigenvalue weighted by Crippen LogP contribution is -2.48. The lowest BCUT2D eigenvalue weighted by molar-refractivity contribution is 0.241. The first-order valence-electron chi connectivity index (χ1n) is 10.1. The van der Waals surface area contributed by atoms with Crippen LogP contribution >= 0.6 is 0 Å². The summed E-state index contributed by atoms with van der Waals surface area (Å²) in [6.45, 7) is 4.95. The molecule has 0 bridgehead atoms. The van der Waals surface area contributed by atoms with Crippen LogP contribution in [0.15, 0.2) is 47.8 Å². The van der Waals surface area contributed by atoms with E-state index in [1.54, 1.807) is 23.0 Å². The normalized spacial score (nSPS) is 17.6. The summed E-state index contributed by atoms with van der Waals surface area (Å²) in [4.78, 5) is 25.9. The molecule has 5 rings (SSSR count). The summed E-state index contributed by atoms with van der Waals surface area (Å²) < 4.78 is 3.17. The van der Waals surface area contributed by atoms with E-state index >= 15 is 0 Å². The van der Waals surface area contributed by atoms with Crippen LogP contribution in [0.5, 0.6) is 0 Å². The van der Waals surface area contributed by atoms with Crippen LogP contribution in [0.1, 0.15) is 24.3 Å². The Balaban J connectivity index is 1.16. The average molecular weight is 392 g/mol. The highest BCUT2D eigenvalue weighted by molar-refractivity contribution is 5.32. The van der Waals surface area contributed by atoms with E-state index in [-0.39, 0.29) is 5.56 Å². The third kappa shape index (κ3) is 4.04. The van der Waals surface area contributed by atoms with Gasteiger partial charge in [-0.15, -0.1) is 5.10 Å². The number of nitrogens with zero attached hydrogens (tertiary/aromatic N) is 8. The highest BCUT2D eigenvalue weighted by Crippen LogP contribution is 2.39. The second-order valence-electron chi connectivity index (χ2n) is 7.62. The number of anilines is 1. The molecule has 4 heterocycles. The number of hydrogen-bond donors (Lipinski definition) is 0. The van der Waals surface area contributed by atoms with Gasteiger partial charge in [-0.1, -0.05) is 0 Å².